The third-order valence-corrected chi connectivity index (χ3v) is 4.16. The van der Waals surface area contributed by atoms with Gasteiger partial charge in [-0.05, 0) is 24.1 Å². The molecule has 2 atom stereocenters. The van der Waals surface area contributed by atoms with Crippen LogP contribution in [0.25, 0.3) is 0 Å². The molecule has 2 aromatic heterocycles. The quantitative estimate of drug-likeness (QED) is 0.747. The average Bonchev–Trinajstić information content (AvgIpc) is 3.22. The first-order chi connectivity index (χ1) is 11.1. The van der Waals surface area contributed by atoms with E-state index >= 15 is 0 Å². The van der Waals surface area contributed by atoms with Crippen molar-refractivity contribution >= 4 is 11.6 Å². The Morgan fingerprint density at radius 3 is 2.39 bits per heavy atom. The lowest BCUT2D eigenvalue weighted by Gasteiger charge is -2.36. The van der Waals surface area contributed by atoms with Crippen molar-refractivity contribution in [3.63, 3.8) is 0 Å². The SMILES string of the molecule is CCC(n1cncn1)C(O)(Cn1cncn1)c1ccc(Cl)cc1. The second-order valence-corrected chi connectivity index (χ2v) is 5.76. The molecule has 1 aromatic carbocycles. The molecule has 0 bridgehead atoms. The number of rotatable bonds is 6. The van der Waals surface area contributed by atoms with Gasteiger partial charge in [-0.3, -0.25) is 0 Å². The molecule has 0 aliphatic heterocycles. The Balaban J connectivity index is 2.06. The van der Waals surface area contributed by atoms with Crippen molar-refractivity contribution in [1.82, 2.24) is 29.5 Å². The van der Waals surface area contributed by atoms with Crippen LogP contribution in [0.4, 0.5) is 0 Å². The first-order valence-corrected chi connectivity index (χ1v) is 7.66. The van der Waals surface area contributed by atoms with Crippen molar-refractivity contribution in [3.05, 3.63) is 60.2 Å². The van der Waals surface area contributed by atoms with E-state index in [2.05, 4.69) is 20.2 Å². The Morgan fingerprint density at radius 2 is 1.83 bits per heavy atom. The highest BCUT2D eigenvalue weighted by atomic mass is 35.5. The number of aliphatic hydroxyl groups is 1. The summed E-state index contributed by atoms with van der Waals surface area (Å²) in [6.07, 6.45) is 6.75. The fraction of sp³-hybridized carbons (Fsp3) is 0.333. The van der Waals surface area contributed by atoms with E-state index in [9.17, 15) is 5.11 Å². The van der Waals surface area contributed by atoms with Gasteiger partial charge in [0.1, 0.15) is 30.9 Å². The Bertz CT molecular complexity index is 728. The van der Waals surface area contributed by atoms with E-state index < -0.39 is 5.60 Å². The molecule has 0 aliphatic rings. The van der Waals surface area contributed by atoms with Crippen molar-refractivity contribution in [2.24, 2.45) is 0 Å². The number of nitrogens with zero attached hydrogens (tertiary/aromatic N) is 6. The zero-order valence-corrected chi connectivity index (χ0v) is 13.4. The van der Waals surface area contributed by atoms with Gasteiger partial charge in [0.15, 0.2) is 0 Å². The largest absolute Gasteiger partial charge is 0.381 e. The summed E-state index contributed by atoms with van der Waals surface area (Å²) in [5.74, 6) is 0. The van der Waals surface area contributed by atoms with E-state index in [1.165, 1.54) is 12.7 Å². The normalized spacial score (nSPS) is 15.3. The number of hydrogen-bond donors (Lipinski definition) is 1. The maximum atomic E-state index is 11.6. The summed E-state index contributed by atoms with van der Waals surface area (Å²) in [7, 11) is 0. The number of hydrogen-bond acceptors (Lipinski definition) is 5. The smallest absolute Gasteiger partial charge is 0.137 e. The molecule has 0 saturated carbocycles. The fourth-order valence-electron chi connectivity index (χ4n) is 2.81. The molecule has 7 nitrogen and oxygen atoms in total. The van der Waals surface area contributed by atoms with Crippen LogP contribution in [-0.2, 0) is 12.1 Å². The van der Waals surface area contributed by atoms with Gasteiger partial charge in [0.2, 0.25) is 0 Å². The van der Waals surface area contributed by atoms with E-state index in [0.29, 0.717) is 11.4 Å². The summed E-state index contributed by atoms with van der Waals surface area (Å²) < 4.78 is 3.28. The third kappa shape index (κ3) is 3.11. The van der Waals surface area contributed by atoms with Gasteiger partial charge in [-0.2, -0.15) is 10.2 Å². The molecular formula is C15H17ClN6O. The molecule has 0 spiro atoms. The minimum absolute atomic E-state index is 0.243. The van der Waals surface area contributed by atoms with Gasteiger partial charge in [-0.1, -0.05) is 30.7 Å². The molecule has 23 heavy (non-hydrogen) atoms. The van der Waals surface area contributed by atoms with Crippen molar-refractivity contribution in [2.75, 3.05) is 0 Å². The lowest BCUT2D eigenvalue weighted by Crippen LogP contribution is -2.41. The van der Waals surface area contributed by atoms with Gasteiger partial charge in [-0.25, -0.2) is 19.3 Å². The van der Waals surface area contributed by atoms with Crippen LogP contribution < -0.4 is 0 Å². The Hall–Kier alpha value is -2.25. The van der Waals surface area contributed by atoms with Gasteiger partial charge in [0.05, 0.1) is 12.6 Å². The monoisotopic (exact) mass is 332 g/mol. The van der Waals surface area contributed by atoms with E-state index in [1.807, 2.05) is 19.1 Å². The van der Waals surface area contributed by atoms with Gasteiger partial charge in [0, 0.05) is 5.02 Å². The zero-order chi connectivity index (χ0) is 16.3. The molecule has 8 heteroatoms. The molecule has 0 radical (unpaired) electrons. The van der Waals surface area contributed by atoms with Crippen LogP contribution in [0.3, 0.4) is 0 Å². The number of halogens is 1. The van der Waals surface area contributed by atoms with E-state index in [4.69, 9.17) is 11.6 Å². The van der Waals surface area contributed by atoms with Crippen molar-refractivity contribution < 1.29 is 5.11 Å². The van der Waals surface area contributed by atoms with Gasteiger partial charge >= 0.3 is 0 Å². The summed E-state index contributed by atoms with van der Waals surface area (Å²) in [4.78, 5) is 7.94. The third-order valence-electron chi connectivity index (χ3n) is 3.91. The van der Waals surface area contributed by atoms with E-state index in [1.54, 1.807) is 34.2 Å². The molecule has 3 aromatic rings. The summed E-state index contributed by atoms with van der Waals surface area (Å²) in [5.41, 5.74) is -0.499. The van der Waals surface area contributed by atoms with Crippen molar-refractivity contribution in [3.8, 4) is 0 Å². The maximum absolute atomic E-state index is 11.6. The first-order valence-electron chi connectivity index (χ1n) is 7.28. The predicted octanol–water partition coefficient (Wildman–Crippen LogP) is 2.06. The van der Waals surface area contributed by atoms with Crippen molar-refractivity contribution in [2.45, 2.75) is 31.5 Å². The Kier molecular flexibility index (Phi) is 4.40. The van der Waals surface area contributed by atoms with Crippen LogP contribution in [-0.4, -0.2) is 34.6 Å². The fourth-order valence-corrected chi connectivity index (χ4v) is 2.94. The molecule has 1 N–H and O–H groups in total. The highest BCUT2D eigenvalue weighted by Crippen LogP contribution is 2.37. The van der Waals surface area contributed by atoms with Crippen LogP contribution >= 0.6 is 11.6 Å². The minimum Gasteiger partial charge on any atom is -0.381 e. The van der Waals surface area contributed by atoms with Gasteiger partial charge < -0.3 is 5.11 Å². The molecule has 0 fully saturated rings. The van der Waals surface area contributed by atoms with Gasteiger partial charge in [-0.15, -0.1) is 0 Å². The second-order valence-electron chi connectivity index (χ2n) is 5.32. The number of benzene rings is 1. The molecule has 120 valence electrons. The predicted molar refractivity (Wildman–Crippen MR) is 84.7 cm³/mol. The first kappa shape index (κ1) is 15.6. The maximum Gasteiger partial charge on any atom is 0.137 e. The highest BCUT2D eigenvalue weighted by Gasteiger charge is 2.40. The van der Waals surface area contributed by atoms with Crippen LogP contribution in [0.1, 0.15) is 24.9 Å². The standard InChI is InChI=1S/C15H17ClN6O/c1-2-14(22-11-18-9-20-22)15(23,7-21-10-17-8-19-21)12-3-5-13(16)6-4-12/h3-6,8-11,14,23H,2,7H2,1H3. The summed E-state index contributed by atoms with van der Waals surface area (Å²) in [6.45, 7) is 2.24. The van der Waals surface area contributed by atoms with Crippen LogP contribution in [0.2, 0.25) is 5.02 Å². The lowest BCUT2D eigenvalue weighted by molar-refractivity contribution is -0.0421. The van der Waals surface area contributed by atoms with E-state index in [-0.39, 0.29) is 12.6 Å². The van der Waals surface area contributed by atoms with Crippen molar-refractivity contribution in [1.29, 1.82) is 0 Å². The second kappa shape index (κ2) is 6.47. The molecule has 0 amide bonds. The summed E-state index contributed by atoms with van der Waals surface area (Å²) in [6, 6.07) is 6.85. The zero-order valence-electron chi connectivity index (χ0n) is 12.6. The average molecular weight is 333 g/mol. The Morgan fingerprint density at radius 1 is 1.13 bits per heavy atom. The lowest BCUT2D eigenvalue weighted by atomic mass is 9.84. The molecule has 2 heterocycles. The van der Waals surface area contributed by atoms with Gasteiger partial charge in [0.25, 0.3) is 0 Å². The molecular weight excluding hydrogens is 316 g/mol. The summed E-state index contributed by atoms with van der Waals surface area (Å²) in [5, 5.41) is 20.5. The molecule has 0 aliphatic carbocycles. The minimum atomic E-state index is -1.24. The summed E-state index contributed by atoms with van der Waals surface area (Å²) >= 11 is 5.98. The highest BCUT2D eigenvalue weighted by molar-refractivity contribution is 6.30. The topological polar surface area (TPSA) is 81.6 Å². The van der Waals surface area contributed by atoms with Crippen LogP contribution in [0.15, 0.2) is 49.6 Å². The Labute approximate surface area is 138 Å². The molecule has 3 rings (SSSR count). The van der Waals surface area contributed by atoms with E-state index in [0.717, 1.165) is 5.56 Å². The molecule has 2 unspecified atom stereocenters. The molecule has 0 saturated heterocycles. The van der Waals surface area contributed by atoms with Crippen LogP contribution in [0.5, 0.6) is 0 Å². The number of aromatic nitrogens is 6. The van der Waals surface area contributed by atoms with Crippen LogP contribution in [0, 0.1) is 0 Å².